The highest BCUT2D eigenvalue weighted by Gasteiger charge is 2.10. The lowest BCUT2D eigenvalue weighted by Crippen LogP contribution is -2.12. The van der Waals surface area contributed by atoms with Gasteiger partial charge < -0.3 is 19.7 Å². The number of aryl methyl sites for hydroxylation is 1. The van der Waals surface area contributed by atoms with E-state index < -0.39 is 0 Å². The minimum absolute atomic E-state index is 0.652. The van der Waals surface area contributed by atoms with Crippen LogP contribution in [0.1, 0.15) is 63.1 Å². The van der Waals surface area contributed by atoms with Gasteiger partial charge in [-0.1, -0.05) is 31.8 Å². The first-order chi connectivity index (χ1) is 13.8. The van der Waals surface area contributed by atoms with E-state index >= 15 is 0 Å². The van der Waals surface area contributed by atoms with E-state index in [4.69, 9.17) is 4.74 Å². The monoisotopic (exact) mass is 377 g/mol. The van der Waals surface area contributed by atoms with Gasteiger partial charge in [0.05, 0.1) is 23.7 Å². The number of aromatic amines is 3. The van der Waals surface area contributed by atoms with Gasteiger partial charge in [0.2, 0.25) is 0 Å². The molecule has 1 aliphatic rings. The van der Waals surface area contributed by atoms with E-state index in [1.54, 1.807) is 0 Å². The molecule has 4 rings (SSSR count). The lowest BCUT2D eigenvalue weighted by atomic mass is 10.0. The lowest BCUT2D eigenvalue weighted by molar-refractivity contribution is 0.340. The van der Waals surface area contributed by atoms with E-state index in [1.165, 1.54) is 54.8 Å². The van der Waals surface area contributed by atoms with Crippen molar-refractivity contribution in [3.63, 3.8) is 0 Å². The summed E-state index contributed by atoms with van der Waals surface area (Å²) in [6.07, 6.45) is 16.8. The van der Waals surface area contributed by atoms with Gasteiger partial charge in [0.1, 0.15) is 5.75 Å². The van der Waals surface area contributed by atoms with Gasteiger partial charge in [0, 0.05) is 23.0 Å². The summed E-state index contributed by atoms with van der Waals surface area (Å²) < 4.78 is 5.91. The Bertz CT molecular complexity index is 991. The minimum Gasteiger partial charge on any atom is -0.492 e. The third kappa shape index (κ3) is 4.44. The molecule has 2 bridgehead atoms. The Morgan fingerprint density at radius 2 is 1.86 bits per heavy atom. The Kier molecular flexibility index (Phi) is 6.05. The van der Waals surface area contributed by atoms with Crippen molar-refractivity contribution in [1.82, 2.24) is 15.0 Å². The molecular weight excluding hydrogens is 346 g/mol. The van der Waals surface area contributed by atoms with Crippen molar-refractivity contribution in [2.24, 2.45) is 0 Å². The Balaban J connectivity index is 1.73. The van der Waals surface area contributed by atoms with Crippen molar-refractivity contribution in [3.8, 4) is 17.1 Å². The zero-order chi connectivity index (χ0) is 19.2. The molecule has 0 saturated carbocycles. The van der Waals surface area contributed by atoms with E-state index in [9.17, 15) is 0 Å². The lowest BCUT2D eigenvalue weighted by Gasteiger charge is -2.02. The molecule has 4 heteroatoms. The molecule has 0 radical (unpaired) electrons. The fourth-order valence-corrected chi connectivity index (χ4v) is 4.03. The fraction of sp³-hybridized carbons (Fsp3) is 0.417. The predicted molar refractivity (Wildman–Crippen MR) is 116 cm³/mol. The molecule has 0 atom stereocenters. The fourth-order valence-electron chi connectivity index (χ4n) is 4.03. The summed E-state index contributed by atoms with van der Waals surface area (Å²) in [4.78, 5) is 10.4. The smallest absolute Gasteiger partial charge is 0.144 e. The summed E-state index contributed by atoms with van der Waals surface area (Å²) in [5.74, 6) is 0.899. The summed E-state index contributed by atoms with van der Waals surface area (Å²) in [6.45, 7) is 2.68. The maximum atomic E-state index is 5.91. The Morgan fingerprint density at radius 3 is 2.68 bits per heavy atom. The second-order valence-electron chi connectivity index (χ2n) is 7.65. The van der Waals surface area contributed by atoms with Crippen LogP contribution in [0.25, 0.3) is 23.5 Å². The van der Waals surface area contributed by atoms with Gasteiger partial charge in [-0.15, -0.1) is 0 Å². The van der Waals surface area contributed by atoms with Gasteiger partial charge in [-0.25, -0.2) is 0 Å². The number of H-pyrrole nitrogens is 3. The summed E-state index contributed by atoms with van der Waals surface area (Å²) in [6, 6.07) is 8.50. The average Bonchev–Trinajstić information content (AvgIpc) is 3.41. The van der Waals surface area contributed by atoms with Gasteiger partial charge >= 0.3 is 0 Å². The molecule has 0 saturated heterocycles. The van der Waals surface area contributed by atoms with Crippen molar-refractivity contribution in [3.05, 3.63) is 52.4 Å². The molecule has 0 aromatic carbocycles. The quantitative estimate of drug-likeness (QED) is 0.610. The molecule has 3 aromatic heterocycles. The second kappa shape index (κ2) is 9.05. The molecule has 0 spiro atoms. The largest absolute Gasteiger partial charge is 0.492 e. The highest BCUT2D eigenvalue weighted by atomic mass is 16.5. The van der Waals surface area contributed by atoms with Gasteiger partial charge in [-0.3, -0.25) is 0 Å². The normalized spacial score (nSPS) is 16.2. The van der Waals surface area contributed by atoms with Gasteiger partial charge in [-0.05, 0) is 62.4 Å². The summed E-state index contributed by atoms with van der Waals surface area (Å²) >= 11 is 0. The van der Waals surface area contributed by atoms with E-state index in [1.807, 2.05) is 19.2 Å². The van der Waals surface area contributed by atoms with Crippen molar-refractivity contribution >= 4 is 12.2 Å². The molecule has 3 heterocycles. The van der Waals surface area contributed by atoms with Gasteiger partial charge in [-0.2, -0.15) is 0 Å². The van der Waals surface area contributed by atoms with E-state index in [0.29, 0.717) is 6.61 Å². The van der Waals surface area contributed by atoms with Crippen LogP contribution in [0.15, 0.2) is 30.5 Å². The third-order valence-corrected chi connectivity index (χ3v) is 5.51. The van der Waals surface area contributed by atoms with Gasteiger partial charge in [0.15, 0.2) is 0 Å². The summed E-state index contributed by atoms with van der Waals surface area (Å²) in [5.41, 5.74) is 4.54. The SMILES string of the molecule is CCOc1cc(-c2ccc[nH]2)[nH]c1C=c1[nH]c2cc1CCCCCCCCC=2. The first kappa shape index (κ1) is 18.7. The molecule has 0 fully saturated rings. The Hall–Kier alpha value is -2.62. The van der Waals surface area contributed by atoms with Crippen molar-refractivity contribution in [2.75, 3.05) is 6.61 Å². The predicted octanol–water partition coefficient (Wildman–Crippen LogP) is 4.63. The number of ether oxygens (including phenoxy) is 1. The summed E-state index contributed by atoms with van der Waals surface area (Å²) in [7, 11) is 0. The average molecular weight is 378 g/mol. The molecule has 1 aliphatic carbocycles. The van der Waals surface area contributed by atoms with Gasteiger partial charge in [0.25, 0.3) is 0 Å². The molecule has 3 aromatic rings. The number of hydrogen-bond donors (Lipinski definition) is 3. The van der Waals surface area contributed by atoms with Crippen LogP contribution < -0.4 is 15.4 Å². The maximum Gasteiger partial charge on any atom is 0.144 e. The highest BCUT2D eigenvalue weighted by molar-refractivity contribution is 5.65. The topological polar surface area (TPSA) is 56.6 Å². The van der Waals surface area contributed by atoms with Crippen molar-refractivity contribution < 1.29 is 4.74 Å². The van der Waals surface area contributed by atoms with E-state index in [2.05, 4.69) is 45.3 Å². The van der Waals surface area contributed by atoms with Crippen molar-refractivity contribution in [1.29, 1.82) is 0 Å². The Labute approximate surface area is 166 Å². The number of fused-ring (bicyclic) bond motifs is 2. The molecule has 0 unspecified atom stereocenters. The van der Waals surface area contributed by atoms with Crippen LogP contribution in [-0.4, -0.2) is 21.6 Å². The van der Waals surface area contributed by atoms with Crippen LogP contribution in [0, 0.1) is 0 Å². The van der Waals surface area contributed by atoms with Crippen LogP contribution >= 0.6 is 0 Å². The first-order valence-electron chi connectivity index (χ1n) is 10.7. The molecule has 0 amide bonds. The zero-order valence-electron chi connectivity index (χ0n) is 16.8. The van der Waals surface area contributed by atoms with Crippen LogP contribution in [0.5, 0.6) is 5.75 Å². The number of nitrogens with one attached hydrogen (secondary N) is 3. The molecular formula is C24H31N3O. The zero-order valence-corrected chi connectivity index (χ0v) is 16.8. The molecule has 4 nitrogen and oxygen atoms in total. The maximum absolute atomic E-state index is 5.91. The van der Waals surface area contributed by atoms with E-state index in [0.717, 1.165) is 35.7 Å². The molecule has 148 valence electrons. The molecule has 28 heavy (non-hydrogen) atoms. The minimum atomic E-state index is 0.652. The first-order valence-corrected chi connectivity index (χ1v) is 10.7. The van der Waals surface area contributed by atoms with Crippen LogP contribution in [0.3, 0.4) is 0 Å². The standard InChI is InChI=1S/C24H31N3O/c1-2-28-24-17-22(20-13-10-14-25-20)27-23(24)16-21-18-11-8-6-4-3-5-7-9-12-19(15-18)26-21/h10,12-17,25-27H,2-9,11H2,1H3. The Morgan fingerprint density at radius 1 is 1.00 bits per heavy atom. The third-order valence-electron chi connectivity index (χ3n) is 5.51. The summed E-state index contributed by atoms with van der Waals surface area (Å²) in [5, 5.41) is 2.45. The van der Waals surface area contributed by atoms with E-state index in [-0.39, 0.29) is 0 Å². The molecule has 3 N–H and O–H groups in total. The van der Waals surface area contributed by atoms with Crippen molar-refractivity contribution in [2.45, 2.75) is 58.3 Å². The van der Waals surface area contributed by atoms with Crippen LogP contribution in [0.2, 0.25) is 0 Å². The number of hydrogen-bond acceptors (Lipinski definition) is 1. The second-order valence-corrected chi connectivity index (χ2v) is 7.65. The number of aromatic nitrogens is 3. The van der Waals surface area contributed by atoms with Crippen LogP contribution in [0.4, 0.5) is 0 Å². The molecule has 0 aliphatic heterocycles. The number of rotatable bonds is 4. The highest BCUT2D eigenvalue weighted by Crippen LogP contribution is 2.27. The van der Waals surface area contributed by atoms with Crippen LogP contribution in [-0.2, 0) is 6.42 Å².